The Bertz CT molecular complexity index is 1100. The number of ether oxygens (including phenoxy) is 1. The Morgan fingerprint density at radius 2 is 1.70 bits per heavy atom. The molecule has 0 aliphatic rings. The van der Waals surface area contributed by atoms with E-state index in [1.807, 2.05) is 0 Å². The van der Waals surface area contributed by atoms with Crippen molar-refractivity contribution in [1.29, 1.82) is 0 Å². The van der Waals surface area contributed by atoms with Crippen LogP contribution in [-0.4, -0.2) is 45.4 Å². The number of hydrogen-bond acceptors (Lipinski definition) is 6. The normalized spacial score (nSPS) is 12.2. The molecule has 9 nitrogen and oxygen atoms in total. The number of carbonyl (C=O) groups is 3. The van der Waals surface area contributed by atoms with Crippen molar-refractivity contribution in [3.63, 3.8) is 0 Å². The molecule has 33 heavy (non-hydrogen) atoms. The summed E-state index contributed by atoms with van der Waals surface area (Å²) in [7, 11) is -3.77. The lowest BCUT2D eigenvalue weighted by Crippen LogP contribution is -2.46. The molecule has 0 saturated heterocycles. The van der Waals surface area contributed by atoms with Crippen molar-refractivity contribution in [2.45, 2.75) is 31.2 Å². The molecule has 178 valence electrons. The molecule has 0 spiro atoms. The molecule has 0 aliphatic carbocycles. The predicted octanol–water partition coefficient (Wildman–Crippen LogP) is 1.13. The van der Waals surface area contributed by atoms with Crippen molar-refractivity contribution < 1.29 is 31.9 Å². The van der Waals surface area contributed by atoms with E-state index in [1.165, 1.54) is 30.3 Å². The second kappa shape index (κ2) is 11.5. The van der Waals surface area contributed by atoms with E-state index in [2.05, 4.69) is 10.6 Å². The molecule has 11 heteroatoms. The van der Waals surface area contributed by atoms with Crippen LogP contribution < -0.4 is 15.8 Å². The Morgan fingerprint density at radius 3 is 2.27 bits per heavy atom. The van der Waals surface area contributed by atoms with Gasteiger partial charge in [0.2, 0.25) is 10.0 Å². The highest BCUT2D eigenvalue weighted by Gasteiger charge is 2.27. The first kappa shape index (κ1) is 25.9. The third-order valence-corrected chi connectivity index (χ3v) is 5.59. The van der Waals surface area contributed by atoms with E-state index >= 15 is 0 Å². The summed E-state index contributed by atoms with van der Waals surface area (Å²) < 4.78 is 41.3. The van der Waals surface area contributed by atoms with Gasteiger partial charge in [0.1, 0.15) is 11.9 Å². The van der Waals surface area contributed by atoms with Crippen molar-refractivity contribution in [3.8, 4) is 0 Å². The van der Waals surface area contributed by atoms with E-state index < -0.39 is 46.3 Å². The van der Waals surface area contributed by atoms with Crippen LogP contribution in [0.25, 0.3) is 0 Å². The summed E-state index contributed by atoms with van der Waals surface area (Å²) >= 11 is 0. The van der Waals surface area contributed by atoms with Gasteiger partial charge in [0.05, 0.1) is 10.5 Å². The summed E-state index contributed by atoms with van der Waals surface area (Å²) in [4.78, 5) is 36.6. The minimum Gasteiger partial charge on any atom is -0.454 e. The average Bonchev–Trinajstić information content (AvgIpc) is 2.75. The van der Waals surface area contributed by atoms with Crippen molar-refractivity contribution in [3.05, 3.63) is 65.5 Å². The van der Waals surface area contributed by atoms with Crippen LogP contribution in [0, 0.1) is 11.7 Å². The smallest absolute Gasteiger partial charge is 0.329 e. The number of hydrogen-bond donors (Lipinski definition) is 3. The molecule has 2 amide bonds. The molecule has 0 fully saturated rings. The number of halogens is 1. The van der Waals surface area contributed by atoms with Gasteiger partial charge in [-0.05, 0) is 42.2 Å². The lowest BCUT2D eigenvalue weighted by molar-refractivity contribution is -0.151. The molecule has 0 aromatic heterocycles. The minimum atomic E-state index is -3.77. The summed E-state index contributed by atoms with van der Waals surface area (Å²) in [6.45, 7) is 3.02. The molecule has 2 rings (SSSR count). The Hall–Kier alpha value is -3.31. The number of nitrogens with one attached hydrogen (secondary N) is 2. The highest BCUT2D eigenvalue weighted by molar-refractivity contribution is 7.89. The molecule has 0 radical (unpaired) electrons. The number of primary sulfonamides is 1. The summed E-state index contributed by atoms with van der Waals surface area (Å²) in [6, 6.07) is 10.2. The molecule has 0 unspecified atom stereocenters. The zero-order valence-corrected chi connectivity index (χ0v) is 19.0. The van der Waals surface area contributed by atoms with Crippen LogP contribution in [-0.2, 0) is 30.8 Å². The monoisotopic (exact) mass is 479 g/mol. The summed E-state index contributed by atoms with van der Waals surface area (Å²) in [5.74, 6) is -3.21. The summed E-state index contributed by atoms with van der Waals surface area (Å²) in [5, 5.41) is 10.1. The molecule has 4 N–H and O–H groups in total. The van der Waals surface area contributed by atoms with Gasteiger partial charge in [-0.1, -0.05) is 38.1 Å². The average molecular weight is 480 g/mol. The zero-order valence-electron chi connectivity index (χ0n) is 18.2. The van der Waals surface area contributed by atoms with Gasteiger partial charge in [0, 0.05) is 6.54 Å². The molecule has 0 bridgehead atoms. The second-order valence-electron chi connectivity index (χ2n) is 7.57. The lowest BCUT2D eigenvalue weighted by Gasteiger charge is -2.21. The number of rotatable bonds is 10. The summed E-state index contributed by atoms with van der Waals surface area (Å²) in [6.07, 6.45) is 0.415. The Kier molecular flexibility index (Phi) is 9.06. The van der Waals surface area contributed by atoms with Gasteiger partial charge in [0.25, 0.3) is 11.8 Å². The molecule has 1 atom stereocenters. The first-order chi connectivity index (χ1) is 15.5. The zero-order chi connectivity index (χ0) is 24.6. The van der Waals surface area contributed by atoms with Gasteiger partial charge >= 0.3 is 5.97 Å². The van der Waals surface area contributed by atoms with Crippen LogP contribution in [0.2, 0.25) is 0 Å². The SMILES string of the molecule is CC(C)[C@H](NC(=O)c1ccccc1F)C(=O)OCC(=O)NCCc1ccc(S(N)(=O)=O)cc1. The third-order valence-electron chi connectivity index (χ3n) is 4.66. The standard InChI is InChI=1S/C22H26FN3O6S/c1-14(2)20(26-21(28)17-5-3-4-6-18(17)23)22(29)32-13-19(27)25-12-11-15-7-9-16(10-8-15)33(24,30)31/h3-10,14,20H,11-13H2,1-2H3,(H,25,27)(H,26,28)(H2,24,30,31)/t20-/m0/s1. The third kappa shape index (κ3) is 7.95. The maximum Gasteiger partial charge on any atom is 0.329 e. The molecule has 0 aliphatic heterocycles. The number of carbonyl (C=O) groups excluding carboxylic acids is 3. The number of nitrogens with two attached hydrogens (primary N) is 1. The minimum absolute atomic E-state index is 0.0102. The van der Waals surface area contributed by atoms with E-state index in [1.54, 1.807) is 26.0 Å². The fourth-order valence-electron chi connectivity index (χ4n) is 2.83. The molecule has 2 aromatic carbocycles. The number of benzene rings is 2. The molecule has 0 saturated carbocycles. The van der Waals surface area contributed by atoms with E-state index in [4.69, 9.17) is 9.88 Å². The molecule has 0 heterocycles. The number of esters is 1. The van der Waals surface area contributed by atoms with Crippen LogP contribution in [0.1, 0.15) is 29.8 Å². The largest absolute Gasteiger partial charge is 0.454 e. The van der Waals surface area contributed by atoms with Crippen molar-refractivity contribution in [2.75, 3.05) is 13.2 Å². The van der Waals surface area contributed by atoms with Gasteiger partial charge in [-0.25, -0.2) is 22.7 Å². The second-order valence-corrected chi connectivity index (χ2v) is 9.13. The van der Waals surface area contributed by atoms with E-state index in [0.717, 1.165) is 11.6 Å². The fourth-order valence-corrected chi connectivity index (χ4v) is 3.35. The van der Waals surface area contributed by atoms with Gasteiger partial charge in [-0.15, -0.1) is 0 Å². The van der Waals surface area contributed by atoms with Crippen molar-refractivity contribution in [2.24, 2.45) is 11.1 Å². The van der Waals surface area contributed by atoms with Gasteiger partial charge in [0.15, 0.2) is 6.61 Å². The van der Waals surface area contributed by atoms with Crippen LogP contribution in [0.4, 0.5) is 4.39 Å². The lowest BCUT2D eigenvalue weighted by atomic mass is 10.0. The quantitative estimate of drug-likeness (QED) is 0.436. The van der Waals surface area contributed by atoms with Crippen molar-refractivity contribution >= 4 is 27.8 Å². The fraction of sp³-hybridized carbons (Fsp3) is 0.318. The Labute approximate surface area is 191 Å². The van der Waals surface area contributed by atoms with Crippen molar-refractivity contribution in [1.82, 2.24) is 10.6 Å². The maximum absolute atomic E-state index is 13.8. The molecular weight excluding hydrogens is 453 g/mol. The van der Waals surface area contributed by atoms with E-state index in [0.29, 0.717) is 6.42 Å². The van der Waals surface area contributed by atoms with Crippen LogP contribution in [0.3, 0.4) is 0 Å². The Balaban J connectivity index is 1.81. The topological polar surface area (TPSA) is 145 Å². The summed E-state index contributed by atoms with van der Waals surface area (Å²) in [5.41, 5.74) is 0.571. The highest BCUT2D eigenvalue weighted by Crippen LogP contribution is 2.10. The van der Waals surface area contributed by atoms with Crippen LogP contribution >= 0.6 is 0 Å². The Morgan fingerprint density at radius 1 is 1.06 bits per heavy atom. The van der Waals surface area contributed by atoms with E-state index in [-0.39, 0.29) is 22.9 Å². The number of sulfonamides is 1. The van der Waals surface area contributed by atoms with Gasteiger partial charge < -0.3 is 15.4 Å². The molecular formula is C22H26FN3O6S. The van der Waals surface area contributed by atoms with E-state index in [9.17, 15) is 27.2 Å². The first-order valence-electron chi connectivity index (χ1n) is 10.1. The number of amides is 2. The predicted molar refractivity (Wildman–Crippen MR) is 118 cm³/mol. The maximum atomic E-state index is 13.8. The van der Waals surface area contributed by atoms with Gasteiger partial charge in [-0.2, -0.15) is 0 Å². The first-order valence-corrected chi connectivity index (χ1v) is 11.6. The van der Waals surface area contributed by atoms with Gasteiger partial charge in [-0.3, -0.25) is 9.59 Å². The van der Waals surface area contributed by atoms with Crippen LogP contribution in [0.5, 0.6) is 0 Å². The highest BCUT2D eigenvalue weighted by atomic mass is 32.2. The molecule has 2 aromatic rings. The van der Waals surface area contributed by atoms with Crippen LogP contribution in [0.15, 0.2) is 53.4 Å².